The van der Waals surface area contributed by atoms with Crippen LogP contribution in [0.5, 0.6) is 0 Å². The van der Waals surface area contributed by atoms with E-state index in [-0.39, 0.29) is 11.9 Å². The van der Waals surface area contributed by atoms with E-state index in [0.717, 1.165) is 0 Å². The van der Waals surface area contributed by atoms with Gasteiger partial charge in [0.1, 0.15) is 5.60 Å². The van der Waals surface area contributed by atoms with E-state index in [1.165, 1.54) is 0 Å². The third-order valence-electron chi connectivity index (χ3n) is 2.59. The van der Waals surface area contributed by atoms with Gasteiger partial charge < -0.3 is 14.8 Å². The first-order chi connectivity index (χ1) is 10.2. The summed E-state index contributed by atoms with van der Waals surface area (Å²) in [4.78, 5) is 23.6. The van der Waals surface area contributed by atoms with Gasteiger partial charge in [0.15, 0.2) is 0 Å². The Morgan fingerprint density at radius 1 is 1.18 bits per heavy atom. The molecule has 0 spiro atoms. The predicted octanol–water partition coefficient (Wildman–Crippen LogP) is 2.80. The quantitative estimate of drug-likeness (QED) is 0.877. The van der Waals surface area contributed by atoms with Gasteiger partial charge in [-0.15, -0.1) is 0 Å². The molecule has 0 fully saturated rings. The van der Waals surface area contributed by atoms with Crippen LogP contribution in [0.2, 0.25) is 0 Å². The molecule has 1 aromatic rings. The number of carbonyl (C=O) groups is 2. The lowest BCUT2D eigenvalue weighted by Crippen LogP contribution is -2.35. The molecule has 0 aromatic heterocycles. The molecule has 0 saturated carbocycles. The van der Waals surface area contributed by atoms with Gasteiger partial charge in [0.25, 0.3) is 5.91 Å². The Labute approximate surface area is 131 Å². The highest BCUT2D eigenvalue weighted by Crippen LogP contribution is 2.13. The highest BCUT2D eigenvalue weighted by atomic mass is 16.6. The molecule has 0 aliphatic heterocycles. The second-order valence-electron chi connectivity index (χ2n) is 6.03. The number of anilines is 1. The van der Waals surface area contributed by atoms with Gasteiger partial charge in [0.05, 0.1) is 6.61 Å². The van der Waals surface area contributed by atoms with Gasteiger partial charge in [0, 0.05) is 24.4 Å². The van der Waals surface area contributed by atoms with Crippen molar-refractivity contribution in [3.8, 4) is 0 Å². The summed E-state index contributed by atoms with van der Waals surface area (Å²) in [7, 11) is 1.58. The van der Waals surface area contributed by atoms with Crippen LogP contribution in [0.15, 0.2) is 24.3 Å². The summed E-state index contributed by atoms with van der Waals surface area (Å²) < 4.78 is 10.1. The van der Waals surface area contributed by atoms with E-state index in [0.29, 0.717) is 17.9 Å². The van der Waals surface area contributed by atoms with Crippen molar-refractivity contribution in [1.29, 1.82) is 0 Å². The molecule has 2 amide bonds. The van der Waals surface area contributed by atoms with Crippen LogP contribution in [-0.4, -0.2) is 37.4 Å². The molecule has 0 bridgehead atoms. The van der Waals surface area contributed by atoms with E-state index in [2.05, 4.69) is 10.6 Å². The monoisotopic (exact) mass is 308 g/mol. The molecule has 22 heavy (non-hydrogen) atoms. The summed E-state index contributed by atoms with van der Waals surface area (Å²) in [6, 6.07) is 6.51. The van der Waals surface area contributed by atoms with Gasteiger partial charge in [-0.05, 0) is 52.0 Å². The number of carbonyl (C=O) groups excluding carboxylic acids is 2. The van der Waals surface area contributed by atoms with Crippen LogP contribution in [0.4, 0.5) is 10.5 Å². The van der Waals surface area contributed by atoms with Crippen molar-refractivity contribution < 1.29 is 19.1 Å². The smallest absolute Gasteiger partial charge is 0.412 e. The largest absolute Gasteiger partial charge is 0.444 e. The minimum atomic E-state index is -0.554. The fraction of sp³-hybridized carbons (Fsp3) is 0.500. The summed E-state index contributed by atoms with van der Waals surface area (Å²) in [5.41, 5.74) is 0.523. The van der Waals surface area contributed by atoms with Crippen LogP contribution < -0.4 is 10.6 Å². The maximum Gasteiger partial charge on any atom is 0.412 e. The zero-order valence-electron chi connectivity index (χ0n) is 13.7. The van der Waals surface area contributed by atoms with Crippen LogP contribution >= 0.6 is 0 Å². The van der Waals surface area contributed by atoms with Gasteiger partial charge >= 0.3 is 6.09 Å². The molecule has 1 rings (SSSR count). The van der Waals surface area contributed by atoms with Crippen LogP contribution in [0.1, 0.15) is 38.1 Å². The highest BCUT2D eigenvalue weighted by Gasteiger charge is 2.16. The zero-order chi connectivity index (χ0) is 16.8. The van der Waals surface area contributed by atoms with E-state index in [9.17, 15) is 9.59 Å². The van der Waals surface area contributed by atoms with E-state index >= 15 is 0 Å². The van der Waals surface area contributed by atoms with Crippen molar-refractivity contribution in [3.05, 3.63) is 29.8 Å². The molecule has 122 valence electrons. The molecule has 1 unspecified atom stereocenters. The van der Waals surface area contributed by atoms with Crippen molar-refractivity contribution >= 4 is 17.7 Å². The standard InChI is InChI=1S/C16H24N2O4/c1-11(10-21-5)17-14(19)12-6-8-13(9-7-12)18-15(20)22-16(2,3)4/h6-9,11H,10H2,1-5H3,(H,17,19)(H,18,20). The Morgan fingerprint density at radius 2 is 1.77 bits per heavy atom. The third-order valence-corrected chi connectivity index (χ3v) is 2.59. The van der Waals surface area contributed by atoms with Crippen LogP contribution in [-0.2, 0) is 9.47 Å². The van der Waals surface area contributed by atoms with E-state index in [4.69, 9.17) is 9.47 Å². The first kappa shape index (κ1) is 18.0. The fourth-order valence-electron chi connectivity index (χ4n) is 1.73. The minimum absolute atomic E-state index is 0.0722. The highest BCUT2D eigenvalue weighted by molar-refractivity contribution is 5.95. The molecule has 0 saturated heterocycles. The summed E-state index contributed by atoms with van der Waals surface area (Å²) >= 11 is 0. The van der Waals surface area contributed by atoms with Crippen molar-refractivity contribution in [3.63, 3.8) is 0 Å². The summed E-state index contributed by atoms with van der Waals surface area (Å²) in [6.45, 7) is 7.69. The second kappa shape index (κ2) is 7.79. The Hall–Kier alpha value is -2.08. The predicted molar refractivity (Wildman–Crippen MR) is 85.1 cm³/mol. The van der Waals surface area contributed by atoms with Crippen molar-refractivity contribution in [1.82, 2.24) is 5.32 Å². The number of ether oxygens (including phenoxy) is 2. The van der Waals surface area contributed by atoms with Crippen molar-refractivity contribution in [2.45, 2.75) is 39.3 Å². The maximum atomic E-state index is 12.0. The normalized spacial score (nSPS) is 12.4. The summed E-state index contributed by atoms with van der Waals surface area (Å²) in [6.07, 6.45) is -0.529. The number of rotatable bonds is 5. The Balaban J connectivity index is 2.59. The number of benzene rings is 1. The second-order valence-corrected chi connectivity index (χ2v) is 6.03. The minimum Gasteiger partial charge on any atom is -0.444 e. The van der Waals surface area contributed by atoms with Crippen LogP contribution in [0.25, 0.3) is 0 Å². The molecular weight excluding hydrogens is 284 g/mol. The SMILES string of the molecule is COCC(C)NC(=O)c1ccc(NC(=O)OC(C)(C)C)cc1. The van der Waals surface area contributed by atoms with Gasteiger partial charge in [-0.2, -0.15) is 0 Å². The third kappa shape index (κ3) is 6.58. The maximum absolute atomic E-state index is 12.0. The molecule has 0 aliphatic carbocycles. The molecule has 1 atom stereocenters. The van der Waals surface area contributed by atoms with E-state index in [1.54, 1.807) is 52.1 Å². The Kier molecular flexibility index (Phi) is 6.37. The number of hydrogen-bond acceptors (Lipinski definition) is 4. The molecule has 6 heteroatoms. The number of nitrogens with one attached hydrogen (secondary N) is 2. The van der Waals surface area contributed by atoms with E-state index in [1.807, 2.05) is 6.92 Å². The number of amides is 2. The average molecular weight is 308 g/mol. The first-order valence-corrected chi connectivity index (χ1v) is 7.11. The Bertz CT molecular complexity index is 506. The van der Waals surface area contributed by atoms with Gasteiger partial charge in [-0.3, -0.25) is 10.1 Å². The number of methoxy groups -OCH3 is 1. The van der Waals surface area contributed by atoms with Crippen LogP contribution in [0.3, 0.4) is 0 Å². The van der Waals surface area contributed by atoms with Gasteiger partial charge in [-0.25, -0.2) is 4.79 Å². The van der Waals surface area contributed by atoms with Crippen molar-refractivity contribution in [2.75, 3.05) is 19.0 Å². The lowest BCUT2D eigenvalue weighted by Gasteiger charge is -2.19. The lowest BCUT2D eigenvalue weighted by atomic mass is 10.2. The Morgan fingerprint density at radius 3 is 2.27 bits per heavy atom. The molecule has 1 aromatic carbocycles. The average Bonchev–Trinajstić information content (AvgIpc) is 2.37. The molecular formula is C16H24N2O4. The van der Waals surface area contributed by atoms with Gasteiger partial charge in [-0.1, -0.05) is 0 Å². The lowest BCUT2D eigenvalue weighted by molar-refractivity contribution is 0.0635. The van der Waals surface area contributed by atoms with Crippen molar-refractivity contribution in [2.24, 2.45) is 0 Å². The van der Waals surface area contributed by atoms with Crippen LogP contribution in [0, 0.1) is 0 Å². The molecule has 0 radical (unpaired) electrons. The summed E-state index contributed by atoms with van der Waals surface area (Å²) in [5.74, 6) is -0.187. The number of hydrogen-bond donors (Lipinski definition) is 2. The summed E-state index contributed by atoms with van der Waals surface area (Å²) in [5, 5.41) is 5.43. The fourth-order valence-corrected chi connectivity index (χ4v) is 1.73. The molecule has 6 nitrogen and oxygen atoms in total. The topological polar surface area (TPSA) is 76.7 Å². The molecule has 2 N–H and O–H groups in total. The van der Waals surface area contributed by atoms with E-state index < -0.39 is 11.7 Å². The first-order valence-electron chi connectivity index (χ1n) is 7.11. The zero-order valence-corrected chi connectivity index (χ0v) is 13.7. The molecule has 0 aliphatic rings. The molecule has 0 heterocycles. The van der Waals surface area contributed by atoms with Gasteiger partial charge in [0.2, 0.25) is 0 Å².